The van der Waals surface area contributed by atoms with Crippen molar-refractivity contribution >= 4 is 33.8 Å². The van der Waals surface area contributed by atoms with Crippen molar-refractivity contribution in [3.05, 3.63) is 69.3 Å². The van der Waals surface area contributed by atoms with Crippen LogP contribution in [0.2, 0.25) is 0 Å². The van der Waals surface area contributed by atoms with Crippen molar-refractivity contribution in [2.75, 3.05) is 13.7 Å². The zero-order chi connectivity index (χ0) is 25.5. The highest BCUT2D eigenvalue weighted by Crippen LogP contribution is 2.40. The van der Waals surface area contributed by atoms with Gasteiger partial charge in [0, 0.05) is 12.2 Å². The van der Waals surface area contributed by atoms with Crippen LogP contribution in [0.5, 0.6) is 11.5 Å². The number of methoxy groups -OCH3 is 1. The van der Waals surface area contributed by atoms with E-state index >= 15 is 0 Å². The third-order valence-electron chi connectivity index (χ3n) is 5.31. The average molecular weight is 546 g/mol. The van der Waals surface area contributed by atoms with E-state index in [-0.39, 0.29) is 12.5 Å². The van der Waals surface area contributed by atoms with Gasteiger partial charge in [-0.05, 0) is 60.0 Å². The lowest BCUT2D eigenvalue weighted by Crippen LogP contribution is -2.46. The van der Waals surface area contributed by atoms with Crippen LogP contribution < -0.4 is 25.4 Å². The molecule has 10 heteroatoms. The standard InChI is InChI=1S/C25H28BrN3O6/c1-5-34-24(31)15(3)35-22-18(26)11-17(12-19(22)33-4)21-20(14(2)28-25(32)29-21)23(30)27-13-16-9-7-6-8-10-16/h6-12,15,21H,5,13H2,1-4H3,(H,27,30)(H2,28,29,32)/t15-,21-/m1/s1. The maximum atomic E-state index is 13.2. The molecule has 0 aromatic heterocycles. The molecule has 1 heterocycles. The number of ether oxygens (including phenoxy) is 3. The van der Waals surface area contributed by atoms with E-state index < -0.39 is 24.1 Å². The maximum Gasteiger partial charge on any atom is 0.347 e. The molecule has 0 saturated heterocycles. The Morgan fingerprint density at radius 2 is 1.91 bits per heavy atom. The lowest BCUT2D eigenvalue weighted by Gasteiger charge is -2.29. The number of carbonyl (C=O) groups is 3. The predicted molar refractivity (Wildman–Crippen MR) is 133 cm³/mol. The summed E-state index contributed by atoms with van der Waals surface area (Å²) < 4.78 is 16.8. The maximum absolute atomic E-state index is 13.2. The van der Waals surface area contributed by atoms with Crippen LogP contribution in [-0.2, 0) is 20.9 Å². The summed E-state index contributed by atoms with van der Waals surface area (Å²) in [6.45, 7) is 5.54. The van der Waals surface area contributed by atoms with Crippen molar-refractivity contribution < 1.29 is 28.6 Å². The molecule has 3 N–H and O–H groups in total. The molecule has 0 radical (unpaired) electrons. The van der Waals surface area contributed by atoms with E-state index in [1.165, 1.54) is 7.11 Å². The number of benzene rings is 2. The summed E-state index contributed by atoms with van der Waals surface area (Å²) in [6.07, 6.45) is -0.869. The highest BCUT2D eigenvalue weighted by molar-refractivity contribution is 9.10. The molecule has 0 fully saturated rings. The summed E-state index contributed by atoms with van der Waals surface area (Å²) in [5.74, 6) is -0.213. The minimum absolute atomic E-state index is 0.236. The minimum atomic E-state index is -0.869. The summed E-state index contributed by atoms with van der Waals surface area (Å²) >= 11 is 3.47. The Balaban J connectivity index is 1.91. The van der Waals surface area contributed by atoms with Gasteiger partial charge < -0.3 is 30.2 Å². The van der Waals surface area contributed by atoms with Crippen molar-refractivity contribution in [1.29, 1.82) is 0 Å². The SMILES string of the molecule is CCOC(=O)[C@@H](C)Oc1c(Br)cc([C@H]2NC(=O)NC(C)=C2C(=O)NCc2ccccc2)cc1OC. The monoisotopic (exact) mass is 545 g/mol. The highest BCUT2D eigenvalue weighted by atomic mass is 79.9. The van der Waals surface area contributed by atoms with Crippen LogP contribution in [0, 0.1) is 0 Å². The number of amides is 3. The Labute approximate surface area is 212 Å². The number of hydrogen-bond donors (Lipinski definition) is 3. The lowest BCUT2D eigenvalue weighted by molar-refractivity contribution is -0.150. The van der Waals surface area contributed by atoms with Crippen LogP contribution in [0.4, 0.5) is 4.79 Å². The molecule has 3 rings (SSSR count). The first-order valence-electron chi connectivity index (χ1n) is 11.1. The number of urea groups is 1. The van der Waals surface area contributed by atoms with Crippen LogP contribution in [0.3, 0.4) is 0 Å². The largest absolute Gasteiger partial charge is 0.493 e. The number of halogens is 1. The van der Waals surface area contributed by atoms with E-state index in [1.54, 1.807) is 32.9 Å². The number of rotatable bonds is 9. The Kier molecular flexibility index (Phi) is 8.75. The van der Waals surface area contributed by atoms with Gasteiger partial charge in [-0.3, -0.25) is 4.79 Å². The summed E-state index contributed by atoms with van der Waals surface area (Å²) in [7, 11) is 1.46. The van der Waals surface area contributed by atoms with Crippen molar-refractivity contribution in [2.45, 2.75) is 39.5 Å². The summed E-state index contributed by atoms with van der Waals surface area (Å²) in [5.41, 5.74) is 2.34. The van der Waals surface area contributed by atoms with Crippen LogP contribution in [-0.4, -0.2) is 37.7 Å². The number of nitrogens with one attached hydrogen (secondary N) is 3. The molecule has 0 unspecified atom stereocenters. The van der Waals surface area contributed by atoms with Gasteiger partial charge in [0.05, 0.1) is 29.8 Å². The molecular formula is C25H28BrN3O6. The quantitative estimate of drug-likeness (QED) is 0.413. The van der Waals surface area contributed by atoms with Gasteiger partial charge in [-0.1, -0.05) is 30.3 Å². The second kappa shape index (κ2) is 11.7. The zero-order valence-electron chi connectivity index (χ0n) is 19.9. The van der Waals surface area contributed by atoms with Gasteiger partial charge in [0.15, 0.2) is 17.6 Å². The second-order valence-corrected chi connectivity index (χ2v) is 8.64. The first kappa shape index (κ1) is 26.1. The number of hydrogen-bond acceptors (Lipinski definition) is 6. The van der Waals surface area contributed by atoms with Gasteiger partial charge in [0.2, 0.25) is 0 Å². The number of allylic oxidation sites excluding steroid dienone is 1. The fraction of sp³-hybridized carbons (Fsp3) is 0.320. The van der Waals surface area contributed by atoms with Crippen LogP contribution in [0.1, 0.15) is 37.9 Å². The molecule has 2 aromatic rings. The van der Waals surface area contributed by atoms with E-state index in [0.29, 0.717) is 39.4 Å². The topological polar surface area (TPSA) is 115 Å². The molecule has 0 spiro atoms. The zero-order valence-corrected chi connectivity index (χ0v) is 21.5. The Morgan fingerprint density at radius 1 is 1.20 bits per heavy atom. The van der Waals surface area contributed by atoms with Crippen LogP contribution in [0.15, 0.2) is 58.2 Å². The molecular weight excluding hydrogens is 518 g/mol. The lowest BCUT2D eigenvalue weighted by atomic mass is 9.94. The predicted octanol–water partition coefficient (Wildman–Crippen LogP) is 3.73. The van der Waals surface area contributed by atoms with Gasteiger partial charge in [0.25, 0.3) is 5.91 Å². The fourth-order valence-electron chi connectivity index (χ4n) is 3.62. The summed E-state index contributed by atoms with van der Waals surface area (Å²) in [4.78, 5) is 37.5. The molecule has 0 bridgehead atoms. The van der Waals surface area contributed by atoms with Gasteiger partial charge in [-0.15, -0.1) is 0 Å². The average Bonchev–Trinajstić information content (AvgIpc) is 2.83. The van der Waals surface area contributed by atoms with Crippen molar-refractivity contribution in [3.63, 3.8) is 0 Å². The molecule has 0 saturated carbocycles. The van der Waals surface area contributed by atoms with E-state index in [1.807, 2.05) is 30.3 Å². The van der Waals surface area contributed by atoms with Gasteiger partial charge in [0.1, 0.15) is 0 Å². The third-order valence-corrected chi connectivity index (χ3v) is 5.90. The first-order chi connectivity index (χ1) is 16.7. The molecule has 35 heavy (non-hydrogen) atoms. The number of esters is 1. The second-order valence-electron chi connectivity index (χ2n) is 7.78. The van der Waals surface area contributed by atoms with Gasteiger partial charge in [-0.25, -0.2) is 9.59 Å². The summed E-state index contributed by atoms with van der Waals surface area (Å²) in [6, 6.07) is 11.7. The summed E-state index contributed by atoms with van der Waals surface area (Å²) in [5, 5.41) is 8.38. The molecule has 9 nitrogen and oxygen atoms in total. The van der Waals surface area contributed by atoms with Crippen molar-refractivity contribution in [1.82, 2.24) is 16.0 Å². The Hall–Kier alpha value is -3.53. The third kappa shape index (κ3) is 6.33. The smallest absolute Gasteiger partial charge is 0.347 e. The minimum Gasteiger partial charge on any atom is -0.493 e. The highest BCUT2D eigenvalue weighted by Gasteiger charge is 2.32. The Morgan fingerprint density at radius 3 is 2.57 bits per heavy atom. The molecule has 3 amide bonds. The van der Waals surface area contributed by atoms with E-state index in [0.717, 1.165) is 5.56 Å². The van der Waals surface area contributed by atoms with E-state index in [4.69, 9.17) is 14.2 Å². The Bertz CT molecular complexity index is 1140. The van der Waals surface area contributed by atoms with Crippen molar-refractivity contribution in [3.8, 4) is 11.5 Å². The molecule has 0 aliphatic carbocycles. The van der Waals surface area contributed by atoms with Gasteiger partial charge in [-0.2, -0.15) is 0 Å². The van der Waals surface area contributed by atoms with Crippen LogP contribution >= 0.6 is 15.9 Å². The van der Waals surface area contributed by atoms with Crippen molar-refractivity contribution in [2.24, 2.45) is 0 Å². The molecule has 186 valence electrons. The molecule has 1 aliphatic heterocycles. The normalized spacial score (nSPS) is 16.0. The molecule has 2 atom stereocenters. The fourth-order valence-corrected chi connectivity index (χ4v) is 4.18. The van der Waals surface area contributed by atoms with E-state index in [2.05, 4.69) is 31.9 Å². The first-order valence-corrected chi connectivity index (χ1v) is 11.9. The number of carbonyl (C=O) groups excluding carboxylic acids is 3. The van der Waals surface area contributed by atoms with Gasteiger partial charge >= 0.3 is 12.0 Å². The molecule has 2 aromatic carbocycles. The van der Waals surface area contributed by atoms with Crippen LogP contribution in [0.25, 0.3) is 0 Å². The van der Waals surface area contributed by atoms with E-state index in [9.17, 15) is 14.4 Å². The molecule has 1 aliphatic rings.